The van der Waals surface area contributed by atoms with Crippen molar-refractivity contribution in [1.29, 1.82) is 0 Å². The number of rotatable bonds is 5. The van der Waals surface area contributed by atoms with Gasteiger partial charge in [0.2, 0.25) is 5.91 Å². The topological polar surface area (TPSA) is 50.4 Å². The first-order chi connectivity index (χ1) is 9.69. The normalized spacial score (nSPS) is 15.9. The molecule has 0 aliphatic carbocycles. The number of carbonyl (C=O) groups excluding carboxylic acids is 1. The van der Waals surface area contributed by atoms with Crippen LogP contribution in [-0.2, 0) is 11.2 Å². The highest BCUT2D eigenvalue weighted by molar-refractivity contribution is 9.10. The third-order valence-electron chi connectivity index (χ3n) is 3.56. The maximum Gasteiger partial charge on any atom is 0.220 e. The van der Waals surface area contributed by atoms with Crippen molar-refractivity contribution < 1.29 is 9.53 Å². The van der Waals surface area contributed by atoms with Crippen LogP contribution < -0.4 is 15.4 Å². The smallest absolute Gasteiger partial charge is 0.220 e. The molecule has 1 aromatic rings. The van der Waals surface area contributed by atoms with Gasteiger partial charge in [0.05, 0.1) is 11.6 Å². The Morgan fingerprint density at radius 2 is 2.20 bits per heavy atom. The summed E-state index contributed by atoms with van der Waals surface area (Å²) < 4.78 is 6.12. The molecule has 2 N–H and O–H groups in total. The van der Waals surface area contributed by atoms with Gasteiger partial charge in [0.1, 0.15) is 5.75 Å². The predicted molar refractivity (Wildman–Crippen MR) is 83.0 cm³/mol. The Hall–Kier alpha value is -1.07. The van der Waals surface area contributed by atoms with Crippen LogP contribution in [0.3, 0.4) is 0 Å². The van der Waals surface area contributed by atoms with Gasteiger partial charge in [0.25, 0.3) is 0 Å². The number of piperidine rings is 1. The first kappa shape index (κ1) is 15.3. The van der Waals surface area contributed by atoms with Crippen molar-refractivity contribution in [2.45, 2.75) is 31.7 Å². The highest BCUT2D eigenvalue weighted by Gasteiger charge is 2.15. The van der Waals surface area contributed by atoms with Crippen LogP contribution in [0.4, 0.5) is 0 Å². The first-order valence-corrected chi connectivity index (χ1v) is 7.81. The van der Waals surface area contributed by atoms with Crippen molar-refractivity contribution in [2.75, 3.05) is 20.2 Å². The molecule has 1 fully saturated rings. The minimum atomic E-state index is 0.142. The number of nitrogens with one attached hydrogen (secondary N) is 2. The van der Waals surface area contributed by atoms with Gasteiger partial charge in [-0.25, -0.2) is 0 Å². The van der Waals surface area contributed by atoms with E-state index < -0.39 is 0 Å². The van der Waals surface area contributed by atoms with Gasteiger partial charge >= 0.3 is 0 Å². The Morgan fingerprint density at radius 3 is 2.85 bits per heavy atom. The van der Waals surface area contributed by atoms with E-state index in [0.29, 0.717) is 12.5 Å². The van der Waals surface area contributed by atoms with E-state index in [0.717, 1.165) is 48.1 Å². The van der Waals surface area contributed by atoms with Crippen LogP contribution in [0.25, 0.3) is 0 Å². The van der Waals surface area contributed by atoms with E-state index in [-0.39, 0.29) is 5.91 Å². The fourth-order valence-corrected chi connectivity index (χ4v) is 2.98. The molecule has 0 atom stereocenters. The Balaban J connectivity index is 1.79. The van der Waals surface area contributed by atoms with E-state index in [1.807, 2.05) is 18.2 Å². The number of ether oxygens (including phenoxy) is 1. The van der Waals surface area contributed by atoms with Crippen molar-refractivity contribution in [3.63, 3.8) is 0 Å². The number of amides is 1. The molecular weight excluding hydrogens is 320 g/mol. The lowest BCUT2D eigenvalue weighted by atomic mass is 10.1. The number of halogens is 1. The third kappa shape index (κ3) is 4.49. The lowest BCUT2D eigenvalue weighted by Crippen LogP contribution is -2.42. The van der Waals surface area contributed by atoms with Gasteiger partial charge in [-0.1, -0.05) is 6.07 Å². The average molecular weight is 341 g/mol. The second-order valence-electron chi connectivity index (χ2n) is 5.06. The molecule has 1 saturated heterocycles. The SMILES string of the molecule is COc1ccc(CCC(=O)NC2CCNCC2)cc1Br. The molecule has 1 aliphatic rings. The number of carbonyl (C=O) groups is 1. The number of aryl methyl sites for hydroxylation is 1. The summed E-state index contributed by atoms with van der Waals surface area (Å²) in [4.78, 5) is 11.9. The molecule has 1 aromatic carbocycles. The Morgan fingerprint density at radius 1 is 1.45 bits per heavy atom. The van der Waals surface area contributed by atoms with Crippen LogP contribution in [0, 0.1) is 0 Å². The molecular formula is C15H21BrN2O2. The van der Waals surface area contributed by atoms with Gasteiger partial charge in [0, 0.05) is 12.5 Å². The third-order valence-corrected chi connectivity index (χ3v) is 4.18. The van der Waals surface area contributed by atoms with Gasteiger partial charge in [-0.05, 0) is 66.0 Å². The predicted octanol–water partition coefficient (Wildman–Crippen LogP) is 2.26. The highest BCUT2D eigenvalue weighted by Crippen LogP contribution is 2.25. The molecule has 110 valence electrons. The molecule has 1 aliphatic heterocycles. The summed E-state index contributed by atoms with van der Waals surface area (Å²) in [6.07, 6.45) is 3.34. The molecule has 0 saturated carbocycles. The van der Waals surface area contributed by atoms with Gasteiger partial charge in [-0.3, -0.25) is 4.79 Å². The van der Waals surface area contributed by atoms with Crippen LogP contribution in [-0.4, -0.2) is 32.1 Å². The van der Waals surface area contributed by atoms with E-state index in [4.69, 9.17) is 4.74 Å². The zero-order chi connectivity index (χ0) is 14.4. The standard InChI is InChI=1S/C15H21BrN2O2/c1-20-14-4-2-11(10-13(14)16)3-5-15(19)18-12-6-8-17-9-7-12/h2,4,10,12,17H,3,5-9H2,1H3,(H,18,19). The summed E-state index contributed by atoms with van der Waals surface area (Å²) in [5.41, 5.74) is 1.14. The maximum absolute atomic E-state index is 11.9. The van der Waals surface area contributed by atoms with Crippen LogP contribution in [0.5, 0.6) is 5.75 Å². The van der Waals surface area contributed by atoms with E-state index in [9.17, 15) is 4.79 Å². The fourth-order valence-electron chi connectivity index (χ4n) is 2.39. The molecule has 20 heavy (non-hydrogen) atoms. The van der Waals surface area contributed by atoms with Crippen molar-refractivity contribution in [2.24, 2.45) is 0 Å². The summed E-state index contributed by atoms with van der Waals surface area (Å²) in [5.74, 6) is 0.955. The molecule has 4 nitrogen and oxygen atoms in total. The van der Waals surface area contributed by atoms with Gasteiger partial charge in [-0.15, -0.1) is 0 Å². The largest absolute Gasteiger partial charge is 0.496 e. The van der Waals surface area contributed by atoms with Crippen molar-refractivity contribution in [3.8, 4) is 5.75 Å². The molecule has 0 bridgehead atoms. The first-order valence-electron chi connectivity index (χ1n) is 7.01. The van der Waals surface area contributed by atoms with Gasteiger partial charge in [0.15, 0.2) is 0 Å². The van der Waals surface area contributed by atoms with Crippen molar-refractivity contribution in [1.82, 2.24) is 10.6 Å². The van der Waals surface area contributed by atoms with Crippen LogP contribution in [0.15, 0.2) is 22.7 Å². The maximum atomic E-state index is 11.9. The Kier molecular flexibility index (Phi) is 5.86. The van der Waals surface area contributed by atoms with E-state index in [2.05, 4.69) is 26.6 Å². The van der Waals surface area contributed by atoms with E-state index in [1.54, 1.807) is 7.11 Å². The van der Waals surface area contributed by atoms with Gasteiger partial charge in [-0.2, -0.15) is 0 Å². The molecule has 5 heteroatoms. The Bertz CT molecular complexity index is 459. The second kappa shape index (κ2) is 7.64. The molecule has 2 rings (SSSR count). The summed E-state index contributed by atoms with van der Waals surface area (Å²) in [5, 5.41) is 6.41. The zero-order valence-electron chi connectivity index (χ0n) is 11.7. The molecule has 0 radical (unpaired) electrons. The molecule has 1 amide bonds. The average Bonchev–Trinajstić information content (AvgIpc) is 2.46. The number of hydrogen-bond acceptors (Lipinski definition) is 3. The highest BCUT2D eigenvalue weighted by atomic mass is 79.9. The number of methoxy groups -OCH3 is 1. The quantitative estimate of drug-likeness (QED) is 0.864. The summed E-state index contributed by atoms with van der Waals surface area (Å²) in [6.45, 7) is 1.99. The molecule has 0 spiro atoms. The summed E-state index contributed by atoms with van der Waals surface area (Å²) in [7, 11) is 1.65. The number of hydrogen-bond donors (Lipinski definition) is 2. The van der Waals surface area contributed by atoms with Crippen LogP contribution in [0.1, 0.15) is 24.8 Å². The lowest BCUT2D eigenvalue weighted by Gasteiger charge is -2.23. The molecule has 0 unspecified atom stereocenters. The monoisotopic (exact) mass is 340 g/mol. The van der Waals surface area contributed by atoms with Crippen LogP contribution >= 0.6 is 15.9 Å². The number of benzene rings is 1. The Labute approximate surface area is 128 Å². The second-order valence-corrected chi connectivity index (χ2v) is 5.92. The summed E-state index contributed by atoms with van der Waals surface area (Å²) in [6, 6.07) is 6.27. The van der Waals surface area contributed by atoms with Crippen molar-refractivity contribution in [3.05, 3.63) is 28.2 Å². The summed E-state index contributed by atoms with van der Waals surface area (Å²) >= 11 is 3.46. The van der Waals surface area contributed by atoms with Gasteiger partial charge < -0.3 is 15.4 Å². The van der Waals surface area contributed by atoms with E-state index >= 15 is 0 Å². The minimum absolute atomic E-state index is 0.142. The lowest BCUT2D eigenvalue weighted by molar-refractivity contribution is -0.121. The molecule has 0 aromatic heterocycles. The van der Waals surface area contributed by atoms with Crippen LogP contribution in [0.2, 0.25) is 0 Å². The van der Waals surface area contributed by atoms with E-state index in [1.165, 1.54) is 0 Å². The fraction of sp³-hybridized carbons (Fsp3) is 0.533. The molecule has 1 heterocycles. The van der Waals surface area contributed by atoms with Crippen molar-refractivity contribution >= 4 is 21.8 Å². The zero-order valence-corrected chi connectivity index (χ0v) is 13.3. The minimum Gasteiger partial charge on any atom is -0.496 e.